The summed E-state index contributed by atoms with van der Waals surface area (Å²) < 4.78 is 13.0. The molecule has 7 heteroatoms. The van der Waals surface area contributed by atoms with Gasteiger partial charge >= 0.3 is 6.03 Å². The summed E-state index contributed by atoms with van der Waals surface area (Å²) in [5.74, 6) is 1.67. The van der Waals surface area contributed by atoms with E-state index >= 15 is 0 Å². The summed E-state index contributed by atoms with van der Waals surface area (Å²) in [6, 6.07) is 13.2. The lowest BCUT2D eigenvalue weighted by molar-refractivity contribution is 0.0671. The number of halogens is 1. The number of rotatable bonds is 5. The number of hydrogen-bond acceptors (Lipinski definition) is 3. The predicted octanol–water partition coefficient (Wildman–Crippen LogP) is 4.07. The van der Waals surface area contributed by atoms with Crippen LogP contribution in [0.1, 0.15) is 22.8 Å². The molecule has 148 valence electrons. The number of anilines is 1. The molecule has 0 unspecified atom stereocenters. The average molecular weight is 402 g/mol. The summed E-state index contributed by atoms with van der Waals surface area (Å²) >= 11 is 1.85. The molecule has 0 atom stereocenters. The lowest BCUT2D eigenvalue weighted by Gasteiger charge is -2.34. The van der Waals surface area contributed by atoms with Gasteiger partial charge in [-0.2, -0.15) is 11.8 Å². The summed E-state index contributed by atoms with van der Waals surface area (Å²) in [4.78, 5) is 28.5. The Balaban J connectivity index is 1.50. The lowest BCUT2D eigenvalue weighted by Crippen LogP contribution is -2.51. The third-order valence-electron chi connectivity index (χ3n) is 4.62. The van der Waals surface area contributed by atoms with Gasteiger partial charge in [-0.05, 0) is 47.7 Å². The smallest absolute Gasteiger partial charge is 0.321 e. The quantitative estimate of drug-likeness (QED) is 0.822. The number of amides is 3. The highest BCUT2D eigenvalue weighted by Crippen LogP contribution is 2.15. The number of benzene rings is 2. The first-order chi connectivity index (χ1) is 13.6. The SMILES string of the molecule is CCSCc1ccc(C(=O)N2CCN(C(=O)Nc3ccc(F)cc3)CC2)cc1. The molecule has 5 nitrogen and oxygen atoms in total. The Kier molecular flexibility index (Phi) is 6.92. The lowest BCUT2D eigenvalue weighted by atomic mass is 10.1. The van der Waals surface area contributed by atoms with Gasteiger partial charge in [0.15, 0.2) is 0 Å². The molecule has 0 bridgehead atoms. The molecule has 1 heterocycles. The fourth-order valence-corrected chi connectivity index (χ4v) is 3.63. The molecule has 3 amide bonds. The van der Waals surface area contributed by atoms with Gasteiger partial charge in [0, 0.05) is 43.2 Å². The van der Waals surface area contributed by atoms with Gasteiger partial charge in [0.2, 0.25) is 0 Å². The summed E-state index contributed by atoms with van der Waals surface area (Å²) in [7, 11) is 0. The fraction of sp³-hybridized carbons (Fsp3) is 0.333. The molecule has 0 aromatic heterocycles. The highest BCUT2D eigenvalue weighted by atomic mass is 32.2. The minimum absolute atomic E-state index is 0.00622. The van der Waals surface area contributed by atoms with Crippen LogP contribution >= 0.6 is 11.8 Å². The first-order valence-electron chi connectivity index (χ1n) is 9.34. The van der Waals surface area contributed by atoms with Gasteiger partial charge in [-0.1, -0.05) is 19.1 Å². The van der Waals surface area contributed by atoms with Crippen molar-refractivity contribution < 1.29 is 14.0 Å². The standard InChI is InChI=1S/C21H24FN3O2S/c1-2-28-15-16-3-5-17(6-4-16)20(26)24-11-13-25(14-12-24)21(27)23-19-9-7-18(22)8-10-19/h3-10H,2,11-15H2,1H3,(H,23,27). The number of nitrogens with one attached hydrogen (secondary N) is 1. The molecule has 0 saturated carbocycles. The van der Waals surface area contributed by atoms with E-state index in [0.29, 0.717) is 37.4 Å². The van der Waals surface area contributed by atoms with Gasteiger partial charge in [0.05, 0.1) is 0 Å². The maximum absolute atomic E-state index is 13.0. The van der Waals surface area contributed by atoms with Crippen LogP contribution in [-0.4, -0.2) is 53.7 Å². The van der Waals surface area contributed by atoms with E-state index in [1.807, 2.05) is 36.0 Å². The van der Waals surface area contributed by atoms with Crippen molar-refractivity contribution in [3.8, 4) is 0 Å². The molecule has 0 radical (unpaired) electrons. The van der Waals surface area contributed by atoms with Gasteiger partial charge in [-0.25, -0.2) is 9.18 Å². The molecule has 2 aromatic carbocycles. The molecule has 28 heavy (non-hydrogen) atoms. The Hall–Kier alpha value is -2.54. The zero-order valence-corrected chi connectivity index (χ0v) is 16.7. The first kappa shape index (κ1) is 20.2. The minimum Gasteiger partial charge on any atom is -0.335 e. The number of urea groups is 1. The van der Waals surface area contributed by atoms with Crippen LogP contribution in [0, 0.1) is 5.82 Å². The number of hydrogen-bond donors (Lipinski definition) is 1. The van der Waals surface area contributed by atoms with E-state index in [9.17, 15) is 14.0 Å². The average Bonchev–Trinajstić information content (AvgIpc) is 2.74. The monoisotopic (exact) mass is 401 g/mol. The van der Waals surface area contributed by atoms with Crippen molar-refractivity contribution in [1.29, 1.82) is 0 Å². The van der Waals surface area contributed by atoms with Crippen LogP contribution in [0.25, 0.3) is 0 Å². The molecule has 0 aliphatic carbocycles. The number of thioether (sulfide) groups is 1. The maximum atomic E-state index is 13.0. The number of piperazine rings is 1. The van der Waals surface area contributed by atoms with Crippen molar-refractivity contribution in [2.24, 2.45) is 0 Å². The zero-order valence-electron chi connectivity index (χ0n) is 15.9. The van der Waals surface area contributed by atoms with Gasteiger partial charge in [0.1, 0.15) is 5.82 Å². The van der Waals surface area contributed by atoms with Gasteiger partial charge in [-0.3, -0.25) is 4.79 Å². The van der Waals surface area contributed by atoms with Crippen LogP contribution in [-0.2, 0) is 5.75 Å². The van der Waals surface area contributed by atoms with Crippen LogP contribution in [0.3, 0.4) is 0 Å². The Bertz CT molecular complexity index is 803. The van der Waals surface area contributed by atoms with Crippen molar-refractivity contribution in [1.82, 2.24) is 9.80 Å². The summed E-state index contributed by atoms with van der Waals surface area (Å²) in [5.41, 5.74) is 2.44. The number of carbonyl (C=O) groups is 2. The summed E-state index contributed by atoms with van der Waals surface area (Å²) in [6.07, 6.45) is 0. The first-order valence-corrected chi connectivity index (χ1v) is 10.5. The van der Waals surface area contributed by atoms with Gasteiger partial charge < -0.3 is 15.1 Å². The Morgan fingerprint density at radius 1 is 0.964 bits per heavy atom. The molecule has 3 rings (SSSR count). The Labute approximate surface area is 168 Å². The van der Waals surface area contributed by atoms with E-state index in [1.54, 1.807) is 9.80 Å². The highest BCUT2D eigenvalue weighted by molar-refractivity contribution is 7.98. The molecular formula is C21H24FN3O2S. The van der Waals surface area contributed by atoms with E-state index in [-0.39, 0.29) is 17.8 Å². The number of nitrogens with zero attached hydrogens (tertiary/aromatic N) is 2. The van der Waals surface area contributed by atoms with Crippen molar-refractivity contribution in [3.05, 3.63) is 65.5 Å². The molecule has 1 aliphatic rings. The van der Waals surface area contributed by atoms with Crippen LogP contribution < -0.4 is 5.32 Å². The molecule has 2 aromatic rings. The highest BCUT2D eigenvalue weighted by Gasteiger charge is 2.24. The molecule has 1 fully saturated rings. The van der Waals surface area contributed by atoms with Crippen molar-refractivity contribution in [3.63, 3.8) is 0 Å². The second kappa shape index (κ2) is 9.59. The second-order valence-electron chi connectivity index (χ2n) is 6.55. The third kappa shape index (κ3) is 5.25. The molecule has 1 N–H and O–H groups in total. The van der Waals surface area contributed by atoms with Crippen LogP contribution in [0.4, 0.5) is 14.9 Å². The summed E-state index contributed by atoms with van der Waals surface area (Å²) in [5, 5.41) is 2.75. The predicted molar refractivity (Wildman–Crippen MR) is 111 cm³/mol. The normalized spacial score (nSPS) is 14.1. The van der Waals surface area contributed by atoms with E-state index < -0.39 is 0 Å². The fourth-order valence-electron chi connectivity index (χ4n) is 2.99. The summed E-state index contributed by atoms with van der Waals surface area (Å²) in [6.45, 7) is 4.03. The van der Waals surface area contributed by atoms with Crippen molar-refractivity contribution in [2.75, 3.05) is 37.2 Å². The molecule has 0 spiro atoms. The van der Waals surface area contributed by atoms with Gasteiger partial charge in [-0.15, -0.1) is 0 Å². The van der Waals surface area contributed by atoms with E-state index in [1.165, 1.54) is 29.8 Å². The zero-order chi connectivity index (χ0) is 19.9. The molecule has 1 aliphatic heterocycles. The topological polar surface area (TPSA) is 52.7 Å². The van der Waals surface area contributed by atoms with E-state index in [4.69, 9.17) is 0 Å². The van der Waals surface area contributed by atoms with E-state index in [2.05, 4.69) is 12.2 Å². The van der Waals surface area contributed by atoms with E-state index in [0.717, 1.165) is 11.5 Å². The second-order valence-corrected chi connectivity index (χ2v) is 7.82. The molecule has 1 saturated heterocycles. The Morgan fingerprint density at radius 2 is 1.57 bits per heavy atom. The minimum atomic E-state index is -0.345. The molecular weight excluding hydrogens is 377 g/mol. The van der Waals surface area contributed by atoms with Crippen molar-refractivity contribution >= 4 is 29.4 Å². The van der Waals surface area contributed by atoms with Crippen LogP contribution in [0.5, 0.6) is 0 Å². The Morgan fingerprint density at radius 3 is 2.18 bits per heavy atom. The largest absolute Gasteiger partial charge is 0.335 e. The number of carbonyl (C=O) groups excluding carboxylic acids is 2. The van der Waals surface area contributed by atoms with Crippen LogP contribution in [0.2, 0.25) is 0 Å². The maximum Gasteiger partial charge on any atom is 0.321 e. The van der Waals surface area contributed by atoms with Gasteiger partial charge in [0.25, 0.3) is 5.91 Å². The van der Waals surface area contributed by atoms with Crippen LogP contribution in [0.15, 0.2) is 48.5 Å². The third-order valence-corrected chi connectivity index (χ3v) is 5.57. The van der Waals surface area contributed by atoms with Crippen molar-refractivity contribution in [2.45, 2.75) is 12.7 Å².